The molecule has 0 spiro atoms. The Balaban J connectivity index is 3.94. The molecule has 0 aliphatic rings. The van der Waals surface area contributed by atoms with Crippen LogP contribution in [0.25, 0.3) is 0 Å². The van der Waals surface area contributed by atoms with Gasteiger partial charge in [-0.25, -0.2) is 4.57 Å². The lowest BCUT2D eigenvalue weighted by atomic mass is 10.0. The molecule has 0 saturated carbocycles. The number of ether oxygens (including phenoxy) is 2. The summed E-state index contributed by atoms with van der Waals surface area (Å²) in [5.41, 5.74) is 0. The second-order valence-electron chi connectivity index (χ2n) is 15.0. The minimum absolute atomic E-state index is 0.175. The van der Waals surface area contributed by atoms with E-state index in [4.69, 9.17) is 19.3 Å². The van der Waals surface area contributed by atoms with Crippen LogP contribution in [0.1, 0.15) is 213 Å². The zero-order valence-electron chi connectivity index (χ0n) is 35.3. The van der Waals surface area contributed by atoms with Crippen molar-refractivity contribution < 1.29 is 37.9 Å². The van der Waals surface area contributed by atoms with Crippen molar-refractivity contribution in [2.24, 2.45) is 0 Å². The van der Waals surface area contributed by atoms with Crippen molar-refractivity contribution in [3.63, 3.8) is 0 Å². The van der Waals surface area contributed by atoms with Gasteiger partial charge in [-0.05, 0) is 57.8 Å². The highest BCUT2D eigenvalue weighted by Gasteiger charge is 2.22. The first-order valence-electron chi connectivity index (χ1n) is 22.4. The van der Waals surface area contributed by atoms with Crippen molar-refractivity contribution in [2.75, 3.05) is 13.2 Å². The topological polar surface area (TPSA) is 119 Å². The summed E-state index contributed by atoms with van der Waals surface area (Å²) in [5.74, 6) is -0.915. The number of allylic oxidation sites excluding steroid dienone is 8. The van der Waals surface area contributed by atoms with E-state index in [1.54, 1.807) is 0 Å². The molecule has 0 saturated heterocycles. The van der Waals surface area contributed by atoms with Gasteiger partial charge in [-0.1, -0.05) is 191 Å². The maximum Gasteiger partial charge on any atom is 0.469 e. The van der Waals surface area contributed by atoms with Crippen LogP contribution in [0.4, 0.5) is 0 Å². The molecular formula is C46H83O8P. The first kappa shape index (κ1) is 53.0. The Morgan fingerprint density at radius 1 is 0.473 bits per heavy atom. The van der Waals surface area contributed by atoms with Gasteiger partial charge in [0.1, 0.15) is 6.61 Å². The molecule has 0 heterocycles. The number of hydrogen-bond donors (Lipinski definition) is 2. The summed E-state index contributed by atoms with van der Waals surface area (Å²) in [4.78, 5) is 42.9. The molecule has 0 radical (unpaired) electrons. The van der Waals surface area contributed by atoms with E-state index in [2.05, 4.69) is 67.0 Å². The molecule has 0 aromatic rings. The predicted octanol–water partition coefficient (Wildman–Crippen LogP) is 13.9. The Labute approximate surface area is 337 Å². The third-order valence-electron chi connectivity index (χ3n) is 9.60. The third kappa shape index (κ3) is 44.6. The molecule has 0 rings (SSSR count). The average Bonchev–Trinajstić information content (AvgIpc) is 3.16. The minimum Gasteiger partial charge on any atom is -0.462 e. The van der Waals surface area contributed by atoms with Gasteiger partial charge in [0.05, 0.1) is 6.61 Å². The van der Waals surface area contributed by atoms with Crippen LogP contribution >= 0.6 is 7.82 Å². The Morgan fingerprint density at radius 2 is 0.818 bits per heavy atom. The van der Waals surface area contributed by atoms with Gasteiger partial charge in [0.15, 0.2) is 6.10 Å². The fourth-order valence-electron chi connectivity index (χ4n) is 6.24. The minimum atomic E-state index is -4.76. The predicted molar refractivity (Wildman–Crippen MR) is 230 cm³/mol. The Bertz CT molecular complexity index is 1030. The second-order valence-corrected chi connectivity index (χ2v) is 16.3. The summed E-state index contributed by atoms with van der Waals surface area (Å²) < 4.78 is 26.4. The number of phosphoric ester groups is 1. The van der Waals surface area contributed by atoms with E-state index in [0.717, 1.165) is 57.8 Å². The largest absolute Gasteiger partial charge is 0.469 e. The van der Waals surface area contributed by atoms with Crippen molar-refractivity contribution in [3.05, 3.63) is 48.6 Å². The molecule has 0 aliphatic carbocycles. The van der Waals surface area contributed by atoms with Gasteiger partial charge in [0.2, 0.25) is 0 Å². The van der Waals surface area contributed by atoms with Crippen molar-refractivity contribution in [1.29, 1.82) is 0 Å². The van der Waals surface area contributed by atoms with Crippen LogP contribution in [0.2, 0.25) is 0 Å². The molecule has 0 unspecified atom stereocenters. The lowest BCUT2D eigenvalue weighted by Gasteiger charge is -2.18. The molecule has 0 amide bonds. The number of hydrogen-bond acceptors (Lipinski definition) is 6. The maximum atomic E-state index is 12.4. The quantitative estimate of drug-likeness (QED) is 0.0272. The van der Waals surface area contributed by atoms with Crippen molar-refractivity contribution >= 4 is 19.8 Å². The lowest BCUT2D eigenvalue weighted by molar-refractivity contribution is -0.161. The number of esters is 2. The monoisotopic (exact) mass is 795 g/mol. The van der Waals surface area contributed by atoms with E-state index < -0.39 is 32.5 Å². The fraction of sp³-hybridized carbons (Fsp3) is 0.783. The zero-order valence-corrected chi connectivity index (χ0v) is 36.2. The van der Waals surface area contributed by atoms with Crippen LogP contribution in [0.3, 0.4) is 0 Å². The normalized spacial score (nSPS) is 12.9. The number of rotatable bonds is 41. The van der Waals surface area contributed by atoms with Gasteiger partial charge in [0.25, 0.3) is 0 Å². The van der Waals surface area contributed by atoms with Crippen molar-refractivity contribution in [1.82, 2.24) is 0 Å². The summed E-state index contributed by atoms with van der Waals surface area (Å²) in [6.45, 7) is 3.65. The number of carbonyl (C=O) groups is 2. The molecule has 320 valence electrons. The SMILES string of the molecule is CCCCC/C=C\C/C=C\C/C=C\C/C=C\CCCCCC(=O)O[C@H](COC(=O)CCCCCCCCCCCCCCCCCCCC)COP(=O)(O)O. The summed E-state index contributed by atoms with van der Waals surface area (Å²) in [7, 11) is -4.76. The molecule has 1 atom stereocenters. The van der Waals surface area contributed by atoms with Gasteiger partial charge in [0, 0.05) is 12.8 Å². The van der Waals surface area contributed by atoms with Crippen LogP contribution in [0, 0.1) is 0 Å². The lowest BCUT2D eigenvalue weighted by Crippen LogP contribution is -2.29. The Kier molecular flexibility index (Phi) is 40.1. The molecule has 55 heavy (non-hydrogen) atoms. The summed E-state index contributed by atoms with van der Waals surface area (Å²) in [6, 6.07) is 0. The molecular weight excluding hydrogens is 711 g/mol. The number of phosphoric acid groups is 1. The standard InChI is InChI=1S/C46H83O8P/c1-3-5-7-9-11-13-15-17-19-21-23-25-27-29-31-33-35-37-39-41-46(48)54-44(43-53-55(49,50)51)42-52-45(47)40-38-36-34-32-30-28-26-24-22-20-18-16-14-12-10-8-6-4-2/h11,13,17,19,23,25,29,31,44H,3-10,12,14-16,18,20-22,24,26-28,30,32-43H2,1-2H3,(H2,49,50,51)/b13-11-,19-17-,25-23-,31-29-/t44-/m1/s1. The molecule has 0 aliphatic heterocycles. The molecule has 0 aromatic carbocycles. The van der Waals surface area contributed by atoms with Gasteiger partial charge >= 0.3 is 19.8 Å². The van der Waals surface area contributed by atoms with E-state index in [0.29, 0.717) is 6.42 Å². The highest BCUT2D eigenvalue weighted by Crippen LogP contribution is 2.36. The van der Waals surface area contributed by atoms with Crippen LogP contribution in [0.5, 0.6) is 0 Å². The van der Waals surface area contributed by atoms with Crippen LogP contribution in [-0.2, 0) is 28.2 Å². The fourth-order valence-corrected chi connectivity index (χ4v) is 6.60. The molecule has 2 N–H and O–H groups in total. The van der Waals surface area contributed by atoms with Crippen molar-refractivity contribution in [2.45, 2.75) is 219 Å². The highest BCUT2D eigenvalue weighted by molar-refractivity contribution is 7.46. The summed E-state index contributed by atoms with van der Waals surface area (Å²) >= 11 is 0. The Hall–Kier alpha value is -1.99. The molecule has 0 aromatic heterocycles. The molecule has 9 heteroatoms. The highest BCUT2D eigenvalue weighted by atomic mass is 31.2. The van der Waals surface area contributed by atoms with E-state index in [9.17, 15) is 14.2 Å². The molecule has 0 fully saturated rings. The van der Waals surface area contributed by atoms with Gasteiger partial charge < -0.3 is 19.3 Å². The van der Waals surface area contributed by atoms with Gasteiger partial charge in [-0.3, -0.25) is 14.1 Å². The Morgan fingerprint density at radius 3 is 1.25 bits per heavy atom. The van der Waals surface area contributed by atoms with E-state index >= 15 is 0 Å². The first-order chi connectivity index (χ1) is 26.8. The smallest absolute Gasteiger partial charge is 0.462 e. The second kappa shape index (κ2) is 41.6. The van der Waals surface area contributed by atoms with Gasteiger partial charge in [-0.2, -0.15) is 0 Å². The first-order valence-corrected chi connectivity index (χ1v) is 24.0. The summed E-state index contributed by atoms with van der Waals surface area (Å²) in [6.07, 6.45) is 51.2. The maximum absolute atomic E-state index is 12.4. The number of unbranched alkanes of at least 4 members (excludes halogenated alkanes) is 23. The van der Waals surface area contributed by atoms with E-state index in [1.165, 1.54) is 122 Å². The number of carbonyl (C=O) groups excluding carboxylic acids is 2. The summed E-state index contributed by atoms with van der Waals surface area (Å²) in [5, 5.41) is 0. The van der Waals surface area contributed by atoms with E-state index in [-0.39, 0.29) is 19.4 Å². The van der Waals surface area contributed by atoms with Crippen LogP contribution in [-0.4, -0.2) is 41.0 Å². The third-order valence-corrected chi connectivity index (χ3v) is 10.1. The average molecular weight is 795 g/mol. The molecule has 0 bridgehead atoms. The van der Waals surface area contributed by atoms with Gasteiger partial charge in [-0.15, -0.1) is 0 Å². The van der Waals surface area contributed by atoms with Crippen molar-refractivity contribution in [3.8, 4) is 0 Å². The zero-order chi connectivity index (χ0) is 40.3. The molecule has 8 nitrogen and oxygen atoms in total. The van der Waals surface area contributed by atoms with Crippen LogP contribution < -0.4 is 0 Å². The van der Waals surface area contributed by atoms with E-state index in [1.807, 2.05) is 0 Å². The van der Waals surface area contributed by atoms with Crippen LogP contribution in [0.15, 0.2) is 48.6 Å².